The molecule has 8 heteroatoms. The average Bonchev–Trinajstić information content (AvgIpc) is 3.00. The number of pyridine rings is 1. The highest BCUT2D eigenvalue weighted by Crippen LogP contribution is 2.45. The van der Waals surface area contributed by atoms with Crippen molar-refractivity contribution in [1.29, 1.82) is 0 Å². The molecule has 0 spiro atoms. The Balaban J connectivity index is 1.58. The Morgan fingerprint density at radius 2 is 1.93 bits per heavy atom. The second-order valence-electron chi connectivity index (χ2n) is 7.90. The van der Waals surface area contributed by atoms with Gasteiger partial charge in [0.15, 0.2) is 0 Å². The molecule has 2 aliphatic heterocycles. The molecule has 4 rings (SSSR count). The molecule has 2 aromatic rings. The van der Waals surface area contributed by atoms with Crippen LogP contribution in [0.25, 0.3) is 0 Å². The number of fused-ring (bicyclic) bond motifs is 1. The fourth-order valence-electron chi connectivity index (χ4n) is 4.47. The van der Waals surface area contributed by atoms with Crippen molar-refractivity contribution in [2.45, 2.75) is 25.2 Å². The molecule has 0 bridgehead atoms. The van der Waals surface area contributed by atoms with Crippen molar-refractivity contribution in [3.05, 3.63) is 59.2 Å². The Labute approximate surface area is 174 Å². The number of rotatable bonds is 5. The van der Waals surface area contributed by atoms with E-state index in [1.807, 2.05) is 19.1 Å². The van der Waals surface area contributed by atoms with Gasteiger partial charge in [-0.25, -0.2) is 9.18 Å². The second-order valence-corrected chi connectivity index (χ2v) is 7.90. The molecular weight excluding hydrogens is 387 g/mol. The fraction of sp³-hybridized carbons (Fsp3) is 0.409. The van der Waals surface area contributed by atoms with Gasteiger partial charge in [0.2, 0.25) is 5.91 Å². The topological polar surface area (TPSA) is 85.8 Å². The summed E-state index contributed by atoms with van der Waals surface area (Å²) in [4.78, 5) is 32.5. The Kier molecular flexibility index (Phi) is 5.42. The van der Waals surface area contributed by atoms with Gasteiger partial charge in [0.05, 0.1) is 11.4 Å². The third kappa shape index (κ3) is 3.52. The maximum absolute atomic E-state index is 14.9. The minimum absolute atomic E-state index is 0.253. The molecule has 0 saturated carbocycles. The van der Waals surface area contributed by atoms with Crippen molar-refractivity contribution in [3.63, 3.8) is 0 Å². The molecule has 0 radical (unpaired) electrons. The number of aryl methyl sites for hydroxylation is 1. The largest absolute Gasteiger partial charge is 0.465 e. The van der Waals surface area contributed by atoms with E-state index in [-0.39, 0.29) is 5.91 Å². The minimum atomic E-state index is -1.17. The average molecular weight is 412 g/mol. The quantitative estimate of drug-likeness (QED) is 0.789. The summed E-state index contributed by atoms with van der Waals surface area (Å²) < 4.78 is 14.9. The van der Waals surface area contributed by atoms with E-state index in [0.29, 0.717) is 62.5 Å². The molecule has 2 aliphatic rings. The first-order valence-corrected chi connectivity index (χ1v) is 10.2. The highest BCUT2D eigenvalue weighted by molar-refractivity contribution is 6.08. The third-order valence-electron chi connectivity index (χ3n) is 6.08. The molecule has 1 aromatic carbocycles. The molecular formula is C22H25FN4O3. The number of halogens is 1. The van der Waals surface area contributed by atoms with E-state index in [1.165, 1.54) is 11.0 Å². The molecule has 2 amide bonds. The molecule has 1 saturated heterocycles. The summed E-state index contributed by atoms with van der Waals surface area (Å²) >= 11 is 0. The lowest BCUT2D eigenvalue weighted by Gasteiger charge is -2.34. The van der Waals surface area contributed by atoms with Crippen LogP contribution in [-0.4, -0.2) is 64.6 Å². The zero-order valence-corrected chi connectivity index (χ0v) is 16.9. The summed E-state index contributed by atoms with van der Waals surface area (Å²) in [7, 11) is 0. The third-order valence-corrected chi connectivity index (χ3v) is 6.08. The summed E-state index contributed by atoms with van der Waals surface area (Å²) in [6, 6.07) is 10.1. The van der Waals surface area contributed by atoms with Gasteiger partial charge in [0.25, 0.3) is 0 Å². The lowest BCUT2D eigenvalue weighted by molar-refractivity contribution is -0.120. The van der Waals surface area contributed by atoms with Gasteiger partial charge in [0.1, 0.15) is 11.2 Å². The maximum Gasteiger partial charge on any atom is 0.407 e. The SMILES string of the molecule is Cc1ccc2c(n1)C(CCCN1CCN(C(=O)O)CC1)(c1ccccc1F)C(=O)N2. The number of benzene rings is 1. The molecule has 7 nitrogen and oxygen atoms in total. The lowest BCUT2D eigenvalue weighted by atomic mass is 9.74. The van der Waals surface area contributed by atoms with Gasteiger partial charge in [-0.1, -0.05) is 18.2 Å². The van der Waals surface area contributed by atoms with E-state index in [9.17, 15) is 14.0 Å². The second kappa shape index (κ2) is 8.02. The number of nitrogens with zero attached hydrogens (tertiary/aromatic N) is 3. The number of anilines is 1. The van der Waals surface area contributed by atoms with Crippen LogP contribution in [-0.2, 0) is 10.2 Å². The highest BCUT2D eigenvalue weighted by Gasteiger charge is 2.50. The summed E-state index contributed by atoms with van der Waals surface area (Å²) in [5.41, 5.74) is 1.15. The van der Waals surface area contributed by atoms with Crippen LogP contribution in [0.5, 0.6) is 0 Å². The highest BCUT2D eigenvalue weighted by atomic mass is 19.1. The Bertz CT molecular complexity index is 975. The van der Waals surface area contributed by atoms with Crippen LogP contribution in [0, 0.1) is 12.7 Å². The number of piperazine rings is 1. The number of aromatic nitrogens is 1. The van der Waals surface area contributed by atoms with Crippen LogP contribution in [0.2, 0.25) is 0 Å². The van der Waals surface area contributed by atoms with Crippen molar-refractivity contribution >= 4 is 17.7 Å². The van der Waals surface area contributed by atoms with Gasteiger partial charge in [-0.2, -0.15) is 0 Å². The molecule has 1 atom stereocenters. The molecule has 158 valence electrons. The molecule has 2 N–H and O–H groups in total. The van der Waals surface area contributed by atoms with Gasteiger partial charge >= 0.3 is 6.09 Å². The van der Waals surface area contributed by atoms with Gasteiger partial charge < -0.3 is 15.3 Å². The molecule has 1 aromatic heterocycles. The van der Waals surface area contributed by atoms with Gasteiger partial charge in [0, 0.05) is 37.4 Å². The van der Waals surface area contributed by atoms with E-state index in [2.05, 4.69) is 15.2 Å². The molecule has 1 fully saturated rings. The number of carboxylic acid groups (broad SMARTS) is 1. The molecule has 30 heavy (non-hydrogen) atoms. The summed E-state index contributed by atoms with van der Waals surface area (Å²) in [5.74, 6) is -0.671. The molecule has 0 aliphatic carbocycles. The predicted molar refractivity (Wildman–Crippen MR) is 110 cm³/mol. The summed E-state index contributed by atoms with van der Waals surface area (Å²) in [6.45, 7) is 4.81. The van der Waals surface area contributed by atoms with E-state index in [0.717, 1.165) is 5.69 Å². The van der Waals surface area contributed by atoms with Crippen LogP contribution >= 0.6 is 0 Å². The zero-order valence-electron chi connectivity index (χ0n) is 16.9. The lowest BCUT2D eigenvalue weighted by Crippen LogP contribution is -2.48. The van der Waals surface area contributed by atoms with Crippen LogP contribution < -0.4 is 5.32 Å². The van der Waals surface area contributed by atoms with Crippen molar-refractivity contribution in [2.24, 2.45) is 0 Å². The van der Waals surface area contributed by atoms with E-state index < -0.39 is 17.3 Å². The predicted octanol–water partition coefficient (Wildman–Crippen LogP) is 2.84. The summed E-state index contributed by atoms with van der Waals surface area (Å²) in [5, 5.41) is 12.0. The number of hydrogen-bond acceptors (Lipinski definition) is 4. The number of carbonyl (C=O) groups is 2. The van der Waals surface area contributed by atoms with Crippen LogP contribution in [0.4, 0.5) is 14.9 Å². The minimum Gasteiger partial charge on any atom is -0.465 e. The maximum atomic E-state index is 14.9. The monoisotopic (exact) mass is 412 g/mol. The van der Waals surface area contributed by atoms with Crippen molar-refractivity contribution in [1.82, 2.24) is 14.8 Å². The summed E-state index contributed by atoms with van der Waals surface area (Å²) in [6.07, 6.45) is 0.181. The zero-order chi connectivity index (χ0) is 21.3. The number of nitrogens with one attached hydrogen (secondary N) is 1. The van der Waals surface area contributed by atoms with Crippen molar-refractivity contribution < 1.29 is 19.1 Å². The van der Waals surface area contributed by atoms with Crippen molar-refractivity contribution in [3.8, 4) is 0 Å². The smallest absolute Gasteiger partial charge is 0.407 e. The molecule has 3 heterocycles. The van der Waals surface area contributed by atoms with Crippen LogP contribution in [0.15, 0.2) is 36.4 Å². The number of amides is 2. The Hall–Kier alpha value is -3.00. The van der Waals surface area contributed by atoms with Crippen molar-refractivity contribution in [2.75, 3.05) is 38.0 Å². The van der Waals surface area contributed by atoms with Gasteiger partial charge in [-0.15, -0.1) is 0 Å². The van der Waals surface area contributed by atoms with Crippen LogP contribution in [0.3, 0.4) is 0 Å². The first-order chi connectivity index (χ1) is 14.4. The van der Waals surface area contributed by atoms with Gasteiger partial charge in [-0.3, -0.25) is 14.7 Å². The van der Waals surface area contributed by atoms with E-state index in [1.54, 1.807) is 18.2 Å². The van der Waals surface area contributed by atoms with Gasteiger partial charge in [-0.05, 0) is 44.5 Å². The number of hydrogen-bond donors (Lipinski definition) is 2. The first kappa shape index (κ1) is 20.3. The number of carbonyl (C=O) groups excluding carboxylic acids is 1. The standard InChI is InChI=1S/C22H25FN4O3/c1-15-7-8-18-19(24-15)22(20(28)25-18,16-5-2-3-6-17(16)23)9-4-10-26-11-13-27(14-12-26)21(29)30/h2-3,5-8H,4,9-14H2,1H3,(H,25,28)(H,29,30). The van der Waals surface area contributed by atoms with Crippen LogP contribution in [0.1, 0.15) is 29.8 Å². The Morgan fingerprint density at radius 1 is 1.20 bits per heavy atom. The normalized spacial score (nSPS) is 21.4. The fourth-order valence-corrected chi connectivity index (χ4v) is 4.47. The molecule has 1 unspecified atom stereocenters. The Morgan fingerprint density at radius 3 is 2.63 bits per heavy atom. The van der Waals surface area contributed by atoms with E-state index in [4.69, 9.17) is 5.11 Å². The van der Waals surface area contributed by atoms with E-state index >= 15 is 0 Å². The first-order valence-electron chi connectivity index (χ1n) is 10.2.